The maximum absolute atomic E-state index is 3.71. The van der Waals surface area contributed by atoms with Gasteiger partial charge in [0.15, 0.2) is 0 Å². The molecule has 2 unspecified atom stereocenters. The van der Waals surface area contributed by atoms with Crippen LogP contribution in [0.2, 0.25) is 0 Å². The molecule has 112 valence electrons. The van der Waals surface area contributed by atoms with Gasteiger partial charge >= 0.3 is 0 Å². The van der Waals surface area contributed by atoms with Crippen molar-refractivity contribution in [3.05, 3.63) is 0 Å². The Morgan fingerprint density at radius 2 is 1.74 bits per heavy atom. The van der Waals surface area contributed by atoms with E-state index in [0.29, 0.717) is 12.1 Å². The minimum Gasteiger partial charge on any atom is -0.311 e. The summed E-state index contributed by atoms with van der Waals surface area (Å²) < 4.78 is 0. The zero-order valence-corrected chi connectivity index (χ0v) is 13.2. The van der Waals surface area contributed by atoms with Gasteiger partial charge in [-0.15, -0.1) is 0 Å². The van der Waals surface area contributed by atoms with Gasteiger partial charge in [0.25, 0.3) is 0 Å². The summed E-state index contributed by atoms with van der Waals surface area (Å²) in [6, 6.07) is 2.04. The first-order valence-corrected chi connectivity index (χ1v) is 8.37. The van der Waals surface area contributed by atoms with Gasteiger partial charge in [0.1, 0.15) is 0 Å². The largest absolute Gasteiger partial charge is 0.311 e. The van der Waals surface area contributed by atoms with Crippen LogP contribution < -0.4 is 5.32 Å². The van der Waals surface area contributed by atoms with Crippen molar-refractivity contribution < 1.29 is 0 Å². The predicted molar refractivity (Wildman–Crippen MR) is 82.6 cm³/mol. The van der Waals surface area contributed by atoms with Crippen LogP contribution in [0.4, 0.5) is 0 Å². The fourth-order valence-electron chi connectivity index (χ4n) is 3.65. The molecule has 0 aromatic carbocycles. The topological polar surface area (TPSA) is 18.5 Å². The highest BCUT2D eigenvalue weighted by Gasteiger charge is 2.25. The van der Waals surface area contributed by atoms with E-state index < -0.39 is 0 Å². The predicted octanol–water partition coefficient (Wildman–Crippen LogP) is 2.32. The molecule has 2 atom stereocenters. The Bertz CT molecular complexity index is 248. The number of hydrogen-bond donors (Lipinski definition) is 1. The highest BCUT2D eigenvalue weighted by Crippen LogP contribution is 2.16. The Morgan fingerprint density at radius 3 is 2.42 bits per heavy atom. The number of rotatable bonds is 5. The summed E-state index contributed by atoms with van der Waals surface area (Å²) in [4.78, 5) is 5.38. The van der Waals surface area contributed by atoms with Crippen LogP contribution in [-0.2, 0) is 0 Å². The summed E-state index contributed by atoms with van der Waals surface area (Å²) in [7, 11) is 0. The number of likely N-dealkylation sites (tertiary alicyclic amines) is 2. The van der Waals surface area contributed by atoms with Crippen molar-refractivity contribution in [2.45, 2.75) is 71.0 Å². The van der Waals surface area contributed by atoms with Crippen LogP contribution in [0.15, 0.2) is 0 Å². The molecule has 0 aromatic rings. The SMILES string of the molecule is CC(C)NC1CCCN(C(C)CN2CCCCC2)C1. The van der Waals surface area contributed by atoms with Gasteiger partial charge in [0.05, 0.1) is 0 Å². The van der Waals surface area contributed by atoms with E-state index in [1.165, 1.54) is 64.8 Å². The average Bonchev–Trinajstić information content (AvgIpc) is 2.39. The van der Waals surface area contributed by atoms with Crippen LogP contribution >= 0.6 is 0 Å². The van der Waals surface area contributed by atoms with Crippen LogP contribution in [0.5, 0.6) is 0 Å². The van der Waals surface area contributed by atoms with E-state index in [9.17, 15) is 0 Å². The zero-order chi connectivity index (χ0) is 13.7. The third-order valence-corrected chi connectivity index (χ3v) is 4.62. The van der Waals surface area contributed by atoms with Gasteiger partial charge in [-0.1, -0.05) is 20.3 Å². The van der Waals surface area contributed by atoms with E-state index in [1.54, 1.807) is 0 Å². The Hall–Kier alpha value is -0.120. The lowest BCUT2D eigenvalue weighted by atomic mass is 10.0. The molecule has 2 aliphatic rings. The Balaban J connectivity index is 1.75. The fourth-order valence-corrected chi connectivity index (χ4v) is 3.65. The first kappa shape index (κ1) is 15.3. The third kappa shape index (κ3) is 5.05. The monoisotopic (exact) mass is 267 g/mol. The minimum absolute atomic E-state index is 0.613. The molecule has 0 radical (unpaired) electrons. The van der Waals surface area contributed by atoms with Crippen molar-refractivity contribution in [2.24, 2.45) is 0 Å². The first-order chi connectivity index (χ1) is 9.15. The second kappa shape index (κ2) is 7.61. The average molecular weight is 267 g/mol. The summed E-state index contributed by atoms with van der Waals surface area (Å²) in [6.45, 7) is 13.4. The normalized spacial score (nSPS) is 28.7. The van der Waals surface area contributed by atoms with E-state index in [2.05, 4.69) is 35.9 Å². The molecule has 2 fully saturated rings. The van der Waals surface area contributed by atoms with E-state index >= 15 is 0 Å². The molecule has 2 aliphatic heterocycles. The van der Waals surface area contributed by atoms with Crippen LogP contribution in [0, 0.1) is 0 Å². The highest BCUT2D eigenvalue weighted by molar-refractivity contribution is 4.83. The van der Waals surface area contributed by atoms with Gasteiger partial charge in [0.2, 0.25) is 0 Å². The molecule has 2 saturated heterocycles. The molecule has 2 rings (SSSR count). The van der Waals surface area contributed by atoms with Gasteiger partial charge in [-0.3, -0.25) is 4.90 Å². The van der Waals surface area contributed by atoms with Crippen LogP contribution in [0.25, 0.3) is 0 Å². The van der Waals surface area contributed by atoms with Crippen molar-refractivity contribution in [3.63, 3.8) is 0 Å². The zero-order valence-electron chi connectivity index (χ0n) is 13.2. The van der Waals surface area contributed by atoms with E-state index in [0.717, 1.165) is 6.04 Å². The molecule has 0 amide bonds. The lowest BCUT2D eigenvalue weighted by Gasteiger charge is -2.40. The van der Waals surface area contributed by atoms with Crippen LogP contribution in [0.1, 0.15) is 52.9 Å². The lowest BCUT2D eigenvalue weighted by Crippen LogP contribution is -2.53. The molecular weight excluding hydrogens is 234 g/mol. The molecule has 3 heteroatoms. The number of piperidine rings is 2. The van der Waals surface area contributed by atoms with E-state index in [1.807, 2.05) is 0 Å². The number of nitrogens with zero attached hydrogens (tertiary/aromatic N) is 2. The van der Waals surface area contributed by atoms with Crippen molar-refractivity contribution in [1.29, 1.82) is 0 Å². The van der Waals surface area contributed by atoms with Crippen molar-refractivity contribution >= 4 is 0 Å². The van der Waals surface area contributed by atoms with Gasteiger partial charge in [-0.25, -0.2) is 0 Å². The number of hydrogen-bond acceptors (Lipinski definition) is 3. The van der Waals surface area contributed by atoms with Gasteiger partial charge in [-0.05, 0) is 52.2 Å². The molecule has 0 saturated carbocycles. The molecule has 1 N–H and O–H groups in total. The molecule has 2 heterocycles. The minimum atomic E-state index is 0.613. The molecule has 0 aromatic heterocycles. The molecule has 0 bridgehead atoms. The standard InChI is InChI=1S/C16H33N3/c1-14(2)17-16-8-7-11-19(13-16)15(3)12-18-9-5-4-6-10-18/h14-17H,4-13H2,1-3H3. The maximum atomic E-state index is 3.71. The van der Waals surface area contributed by atoms with Crippen molar-refractivity contribution in [3.8, 4) is 0 Å². The summed E-state index contributed by atoms with van der Waals surface area (Å²) >= 11 is 0. The lowest BCUT2D eigenvalue weighted by molar-refractivity contribution is 0.101. The smallest absolute Gasteiger partial charge is 0.0197 e. The Morgan fingerprint density at radius 1 is 1.00 bits per heavy atom. The molecule has 0 spiro atoms. The third-order valence-electron chi connectivity index (χ3n) is 4.62. The number of nitrogens with one attached hydrogen (secondary N) is 1. The Labute approximate surface area is 119 Å². The van der Waals surface area contributed by atoms with Gasteiger partial charge < -0.3 is 10.2 Å². The van der Waals surface area contributed by atoms with E-state index in [4.69, 9.17) is 0 Å². The molecular formula is C16H33N3. The summed E-state index contributed by atoms with van der Waals surface area (Å²) in [5.74, 6) is 0. The van der Waals surface area contributed by atoms with Crippen LogP contribution in [0.3, 0.4) is 0 Å². The second-order valence-corrected chi connectivity index (χ2v) is 6.87. The first-order valence-electron chi connectivity index (χ1n) is 8.37. The molecule has 19 heavy (non-hydrogen) atoms. The highest BCUT2D eigenvalue weighted by atomic mass is 15.2. The van der Waals surface area contributed by atoms with Crippen molar-refractivity contribution in [1.82, 2.24) is 15.1 Å². The van der Waals surface area contributed by atoms with Crippen LogP contribution in [-0.4, -0.2) is 60.6 Å². The summed E-state index contributed by atoms with van der Waals surface area (Å²) in [5.41, 5.74) is 0. The van der Waals surface area contributed by atoms with E-state index in [-0.39, 0.29) is 0 Å². The van der Waals surface area contributed by atoms with Gasteiger partial charge in [0, 0.05) is 31.2 Å². The quantitative estimate of drug-likeness (QED) is 0.825. The molecule has 0 aliphatic carbocycles. The van der Waals surface area contributed by atoms with Gasteiger partial charge in [-0.2, -0.15) is 0 Å². The summed E-state index contributed by atoms with van der Waals surface area (Å²) in [5, 5.41) is 3.71. The maximum Gasteiger partial charge on any atom is 0.0197 e. The second-order valence-electron chi connectivity index (χ2n) is 6.87. The fraction of sp³-hybridized carbons (Fsp3) is 1.00. The Kier molecular flexibility index (Phi) is 6.11. The molecule has 3 nitrogen and oxygen atoms in total. The van der Waals surface area contributed by atoms with Crippen molar-refractivity contribution in [2.75, 3.05) is 32.7 Å². The summed E-state index contributed by atoms with van der Waals surface area (Å²) in [6.07, 6.45) is 6.96.